The molecule has 5 heterocycles. The fraction of sp³-hybridized carbons (Fsp3) is 0. The predicted molar refractivity (Wildman–Crippen MR) is 395 cm³/mol. The number of H-pyrrole nitrogens is 2. The van der Waals surface area contributed by atoms with E-state index in [1.807, 2.05) is 146 Å². The third-order valence-electron chi connectivity index (χ3n) is 16.8. The number of hydrogen-bond acceptors (Lipinski definition) is 10. The zero-order chi connectivity index (χ0) is 64.4. The minimum Gasteiger partial charge on any atom is -0.457 e. The number of aromatic amines is 2. The number of hydrogen-bond donors (Lipinski definition) is 2. The molecule has 3 aromatic heterocycles. The van der Waals surface area contributed by atoms with Crippen LogP contribution in [0.1, 0.15) is 0 Å². The summed E-state index contributed by atoms with van der Waals surface area (Å²) >= 11 is 14.1. The van der Waals surface area contributed by atoms with Gasteiger partial charge in [-0.05, 0) is 239 Å². The van der Waals surface area contributed by atoms with Crippen molar-refractivity contribution in [3.05, 3.63) is 285 Å². The first-order valence-corrected chi connectivity index (χ1v) is 33.8. The topological polar surface area (TPSA) is 146 Å². The number of rotatable bonds is 12. The highest BCUT2D eigenvalue weighted by Gasteiger charge is 2.25. The molecule has 0 unspecified atom stereocenters. The summed E-state index contributed by atoms with van der Waals surface area (Å²) in [5.41, 5.74) is 13.3. The molecule has 15 aromatic rings. The van der Waals surface area contributed by atoms with Gasteiger partial charge in [-0.25, -0.2) is 29.9 Å². The van der Waals surface area contributed by atoms with E-state index in [0.29, 0.717) is 45.9 Å². The number of halogens is 4. The number of aromatic nitrogens is 8. The van der Waals surface area contributed by atoms with E-state index < -0.39 is 0 Å². The molecule has 0 radical (unpaired) electrons. The first-order chi connectivity index (χ1) is 47.0. The number of nitrogens with zero attached hydrogens (tertiary/aromatic N) is 6. The Labute approximate surface area is 582 Å². The van der Waals surface area contributed by atoms with Crippen molar-refractivity contribution in [1.29, 1.82) is 0 Å². The van der Waals surface area contributed by atoms with Crippen molar-refractivity contribution < 1.29 is 18.9 Å². The van der Waals surface area contributed by atoms with Crippen molar-refractivity contribution in [3.8, 4) is 136 Å². The molecule has 12 nitrogen and oxygen atoms in total. The van der Waals surface area contributed by atoms with Gasteiger partial charge in [0.1, 0.15) is 68.6 Å². The SMILES string of the molecule is Brc1ccc(Oc2ccc(-c3ccc4c(c3)-c3nc-4nc4[nH]c(nc5nc(nc6[nH]c(n3)c3ccc(-c7ccc(Oc8ccc(Br)cc8)cc7)cc63)-c3ccc(-c6ccc(Oc7ccc(Br)cc7)cc6)cc3-5)c3ccc(-c5ccc(Oc6ccc(Br)cc6)cc5)cc43)cc2)cc1. The van der Waals surface area contributed by atoms with Gasteiger partial charge in [0.25, 0.3) is 0 Å². The average molecular weight is 1500 g/mol. The van der Waals surface area contributed by atoms with Crippen molar-refractivity contribution in [2.24, 2.45) is 0 Å². The van der Waals surface area contributed by atoms with E-state index in [0.717, 1.165) is 152 Å². The lowest BCUT2D eigenvalue weighted by Crippen LogP contribution is -1.87. The van der Waals surface area contributed by atoms with Crippen LogP contribution in [0.15, 0.2) is 285 Å². The van der Waals surface area contributed by atoms with Crippen LogP contribution in [-0.2, 0) is 0 Å². The average Bonchev–Trinajstić information content (AvgIpc) is 1.61. The van der Waals surface area contributed by atoms with E-state index >= 15 is 0 Å². The van der Waals surface area contributed by atoms with Gasteiger partial charge in [-0.1, -0.05) is 137 Å². The van der Waals surface area contributed by atoms with Crippen LogP contribution in [0.25, 0.3) is 134 Å². The highest BCUT2D eigenvalue weighted by atomic mass is 79.9. The first-order valence-electron chi connectivity index (χ1n) is 30.6. The monoisotopic (exact) mass is 1500 g/mol. The molecule has 458 valence electrons. The Balaban J connectivity index is 0.844. The van der Waals surface area contributed by atoms with Crippen LogP contribution in [-0.4, -0.2) is 39.9 Å². The van der Waals surface area contributed by atoms with Gasteiger partial charge < -0.3 is 28.9 Å². The lowest BCUT2D eigenvalue weighted by molar-refractivity contribution is 0.482. The molecule has 0 spiro atoms. The van der Waals surface area contributed by atoms with E-state index in [2.05, 4.69) is 195 Å². The van der Waals surface area contributed by atoms with Crippen LogP contribution in [0.5, 0.6) is 46.0 Å². The van der Waals surface area contributed by atoms with E-state index in [1.54, 1.807) is 0 Å². The van der Waals surface area contributed by atoms with E-state index in [4.69, 9.17) is 48.9 Å². The Bertz CT molecular complexity index is 5360. The molecule has 0 atom stereocenters. The number of benzene rings is 12. The van der Waals surface area contributed by atoms with Gasteiger partial charge in [-0.3, -0.25) is 0 Å². The van der Waals surface area contributed by atoms with E-state index in [-0.39, 0.29) is 0 Å². The van der Waals surface area contributed by atoms with Crippen molar-refractivity contribution in [2.75, 3.05) is 0 Å². The Morgan fingerprint density at radius 1 is 0.198 bits per heavy atom. The van der Waals surface area contributed by atoms with E-state index in [9.17, 15) is 0 Å². The second kappa shape index (κ2) is 24.8. The molecule has 96 heavy (non-hydrogen) atoms. The molecule has 16 heteroatoms. The second-order valence-electron chi connectivity index (χ2n) is 23.0. The molecule has 17 rings (SSSR count). The molecule has 8 bridgehead atoms. The molecule has 12 aromatic carbocycles. The second-order valence-corrected chi connectivity index (χ2v) is 26.6. The summed E-state index contributed by atoms with van der Waals surface area (Å²) in [5.74, 6) is 7.73. The lowest BCUT2D eigenvalue weighted by atomic mass is 9.99. The fourth-order valence-corrected chi connectivity index (χ4v) is 13.0. The van der Waals surface area contributed by atoms with Gasteiger partial charge in [0.15, 0.2) is 23.3 Å². The molecule has 0 fully saturated rings. The Kier molecular flexibility index (Phi) is 15.2. The standard InChI is InChI=1S/C80H46Br4N8O4/c81-53-13-29-61(30-14-53)93-57-21-1-45(2-22-57)49-9-37-65-69(41-49)77-85-73(65)90-78-71-43-51(47-5-25-59(26-6-47)95-63-33-17-55(83)18-34-63)11-39-67(71)75(87-78)92-80-72-44-52(48-7-27-60(28-8-48)96-64-35-19-56(84)20-36-64)12-40-68(72)76(88-80)91-79-70-42-50(10-38-66(70)74(86-79)89-77)46-3-23-58(24-4-46)94-62-31-15-54(82)16-32-62/h1-44H,(H2,85,86,87,88,89,90,91,92). The van der Waals surface area contributed by atoms with Gasteiger partial charge in [0.05, 0.1) is 0 Å². The molecule has 2 N–H and O–H groups in total. The van der Waals surface area contributed by atoms with Gasteiger partial charge >= 0.3 is 0 Å². The largest absolute Gasteiger partial charge is 0.457 e. The van der Waals surface area contributed by atoms with Gasteiger partial charge in [0, 0.05) is 61.7 Å². The summed E-state index contributed by atoms with van der Waals surface area (Å²) in [4.78, 5) is 40.0. The van der Waals surface area contributed by atoms with Crippen molar-refractivity contribution in [1.82, 2.24) is 39.9 Å². The smallest absolute Gasteiger partial charge is 0.164 e. The van der Waals surface area contributed by atoms with Crippen molar-refractivity contribution in [2.45, 2.75) is 0 Å². The number of nitrogens with one attached hydrogen (secondary N) is 2. The summed E-state index contributed by atoms with van der Waals surface area (Å²) in [6.45, 7) is 0. The summed E-state index contributed by atoms with van der Waals surface area (Å²) in [6, 6.07) is 88.8. The first kappa shape index (κ1) is 58.9. The van der Waals surface area contributed by atoms with Gasteiger partial charge in [0.2, 0.25) is 0 Å². The van der Waals surface area contributed by atoms with Crippen LogP contribution < -0.4 is 18.9 Å². The quantitative estimate of drug-likeness (QED) is 0.121. The van der Waals surface area contributed by atoms with Gasteiger partial charge in [-0.15, -0.1) is 0 Å². The summed E-state index contributed by atoms with van der Waals surface area (Å²) in [7, 11) is 0. The summed E-state index contributed by atoms with van der Waals surface area (Å²) in [5, 5.41) is 3.33. The minimum absolute atomic E-state index is 0.472. The fourth-order valence-electron chi connectivity index (χ4n) is 11.9. The molecule has 0 saturated heterocycles. The number of fused-ring (bicyclic) bond motifs is 20. The molecule has 0 aliphatic carbocycles. The third kappa shape index (κ3) is 11.9. The van der Waals surface area contributed by atoms with Crippen molar-refractivity contribution in [3.63, 3.8) is 0 Å². The Morgan fingerprint density at radius 3 is 0.698 bits per heavy atom. The van der Waals surface area contributed by atoms with Crippen LogP contribution >= 0.6 is 63.7 Å². The summed E-state index contributed by atoms with van der Waals surface area (Å²) in [6.07, 6.45) is 0. The minimum atomic E-state index is 0.472. The molecule has 2 aliphatic heterocycles. The molecular formula is C80H46Br4N8O4. The molecular weight excluding hydrogens is 1460 g/mol. The number of ether oxygens (including phenoxy) is 4. The zero-order valence-corrected chi connectivity index (χ0v) is 56.6. The predicted octanol–water partition coefficient (Wildman–Crippen LogP) is 23.8. The van der Waals surface area contributed by atoms with Crippen LogP contribution in [0.4, 0.5) is 0 Å². The normalized spacial score (nSPS) is 11.5. The maximum absolute atomic E-state index is 6.23. The molecule has 0 amide bonds. The van der Waals surface area contributed by atoms with Crippen LogP contribution in [0, 0.1) is 0 Å². The Hall–Kier alpha value is -10.9. The maximum atomic E-state index is 6.23. The zero-order valence-electron chi connectivity index (χ0n) is 50.2. The highest BCUT2D eigenvalue weighted by Crippen LogP contribution is 2.43. The third-order valence-corrected chi connectivity index (χ3v) is 18.9. The van der Waals surface area contributed by atoms with Gasteiger partial charge in [-0.2, -0.15) is 0 Å². The summed E-state index contributed by atoms with van der Waals surface area (Å²) < 4.78 is 28.8. The Morgan fingerprint density at radius 2 is 0.417 bits per heavy atom. The lowest BCUT2D eigenvalue weighted by Gasteiger charge is -2.08. The van der Waals surface area contributed by atoms with E-state index in [1.165, 1.54) is 0 Å². The molecule has 0 saturated carbocycles. The molecule has 2 aliphatic rings. The highest BCUT2D eigenvalue weighted by molar-refractivity contribution is 9.11. The maximum Gasteiger partial charge on any atom is 0.164 e. The van der Waals surface area contributed by atoms with Crippen LogP contribution in [0.2, 0.25) is 0 Å². The van der Waals surface area contributed by atoms with Crippen molar-refractivity contribution >= 4 is 108 Å². The van der Waals surface area contributed by atoms with Crippen LogP contribution in [0.3, 0.4) is 0 Å².